The van der Waals surface area contributed by atoms with Crippen LogP contribution in [0.3, 0.4) is 0 Å². The van der Waals surface area contributed by atoms with Crippen LogP contribution in [0.4, 0.5) is 11.4 Å². The van der Waals surface area contributed by atoms with Crippen molar-refractivity contribution in [1.82, 2.24) is 4.90 Å². The molecule has 3 amide bonds. The molecule has 41 heavy (non-hydrogen) atoms. The predicted molar refractivity (Wildman–Crippen MR) is 157 cm³/mol. The van der Waals surface area contributed by atoms with Crippen molar-refractivity contribution in [2.24, 2.45) is 11.8 Å². The first-order valence-electron chi connectivity index (χ1n) is 14.3. The number of amides is 3. The van der Waals surface area contributed by atoms with Gasteiger partial charge in [-0.25, -0.2) is 0 Å². The highest BCUT2D eigenvalue weighted by Gasteiger charge is 2.71. The molecule has 6 rings (SSSR count). The van der Waals surface area contributed by atoms with E-state index in [9.17, 15) is 19.5 Å². The van der Waals surface area contributed by atoms with E-state index in [-0.39, 0.29) is 30.9 Å². The Morgan fingerprint density at radius 3 is 2.37 bits per heavy atom. The van der Waals surface area contributed by atoms with Gasteiger partial charge < -0.3 is 24.5 Å². The average Bonchev–Trinajstić information content (AvgIpc) is 3.29. The van der Waals surface area contributed by atoms with Gasteiger partial charge in [0.2, 0.25) is 11.8 Å². The fraction of sp³-hybridized carbons (Fsp3) is 0.406. The number of halogens is 1. The molecule has 0 radical (unpaired) electrons. The molecular formula is C32H34ClN3O5. The number of carbonyl (C=O) groups is 3. The maximum atomic E-state index is 14.5. The molecule has 0 aliphatic carbocycles. The molecule has 2 fully saturated rings. The summed E-state index contributed by atoms with van der Waals surface area (Å²) in [6, 6.07) is 15.7. The third-order valence-corrected chi connectivity index (χ3v) is 9.00. The lowest BCUT2D eigenvalue weighted by Gasteiger charge is -2.35. The number of aliphatic hydroxyl groups is 1. The van der Waals surface area contributed by atoms with E-state index in [0.717, 1.165) is 18.5 Å². The van der Waals surface area contributed by atoms with Crippen molar-refractivity contribution in [1.29, 1.82) is 0 Å². The summed E-state index contributed by atoms with van der Waals surface area (Å²) in [7, 11) is 0. The smallest absolute Gasteiger partial charge is 0.253 e. The van der Waals surface area contributed by atoms with Gasteiger partial charge in [0.25, 0.3) is 5.91 Å². The van der Waals surface area contributed by atoms with Crippen LogP contribution in [-0.4, -0.2) is 71.7 Å². The number of hydrogen-bond acceptors (Lipinski definition) is 5. The maximum absolute atomic E-state index is 14.5. The molecule has 9 heteroatoms. The van der Waals surface area contributed by atoms with Crippen LogP contribution in [0.25, 0.3) is 0 Å². The first-order valence-corrected chi connectivity index (χ1v) is 14.7. The number of benzene rings is 2. The van der Waals surface area contributed by atoms with Crippen LogP contribution in [0.15, 0.2) is 78.9 Å². The summed E-state index contributed by atoms with van der Waals surface area (Å²) in [6.45, 7) is 1.12. The second-order valence-electron chi connectivity index (χ2n) is 11.0. The minimum atomic E-state index is -1.29. The summed E-state index contributed by atoms with van der Waals surface area (Å²) in [5, 5.41) is 9.62. The Labute approximate surface area is 244 Å². The zero-order valence-electron chi connectivity index (χ0n) is 22.8. The number of para-hydroxylation sites is 2. The highest BCUT2D eigenvalue weighted by Crippen LogP contribution is 2.54. The van der Waals surface area contributed by atoms with E-state index in [0.29, 0.717) is 36.6 Å². The van der Waals surface area contributed by atoms with Gasteiger partial charge in [-0.1, -0.05) is 79.1 Å². The topological polar surface area (TPSA) is 90.4 Å². The summed E-state index contributed by atoms with van der Waals surface area (Å²) in [5.74, 6) is -2.31. The molecule has 214 valence electrons. The van der Waals surface area contributed by atoms with Crippen molar-refractivity contribution in [2.75, 3.05) is 36.0 Å². The van der Waals surface area contributed by atoms with Crippen molar-refractivity contribution in [3.63, 3.8) is 0 Å². The molecule has 5 atom stereocenters. The van der Waals surface area contributed by atoms with Gasteiger partial charge in [0.1, 0.15) is 11.6 Å². The van der Waals surface area contributed by atoms with Crippen molar-refractivity contribution in [3.05, 3.63) is 83.9 Å². The van der Waals surface area contributed by atoms with Crippen molar-refractivity contribution >= 4 is 40.7 Å². The lowest BCUT2D eigenvalue weighted by Crippen LogP contribution is -2.55. The Hall–Kier alpha value is -3.46. The molecule has 0 bridgehead atoms. The number of unbranched alkanes of at least 4 members (excludes halogenated alkanes) is 3. The SMILES string of the molecule is O=C1[C@@H]2[C@H]3C(=O)N(CCCCCCO)C4C(=O)N(c5ccccc5Cl)CC=C[C@@]43O[C@@H]2C=CCN1c1ccccc1. The molecule has 1 unspecified atom stereocenters. The maximum Gasteiger partial charge on any atom is 0.253 e. The van der Waals surface area contributed by atoms with E-state index in [1.54, 1.807) is 26.8 Å². The predicted octanol–water partition coefficient (Wildman–Crippen LogP) is 3.98. The van der Waals surface area contributed by atoms with Crippen molar-refractivity contribution < 1.29 is 24.2 Å². The Kier molecular flexibility index (Phi) is 7.72. The van der Waals surface area contributed by atoms with Gasteiger partial charge in [-0.3, -0.25) is 14.4 Å². The lowest BCUT2D eigenvalue weighted by molar-refractivity contribution is -0.140. The van der Waals surface area contributed by atoms with Gasteiger partial charge in [-0.2, -0.15) is 0 Å². The standard InChI is InChI=1S/C32H34ClN3O5/c33-23-14-6-7-15-24(23)35-20-11-17-32-27(30(39)36(28(32)31(35)40)18-8-1-2-9-21-37)26-25(41-32)16-10-19-34(29(26)38)22-12-4-3-5-13-22/h3-7,10-17,25-28,37H,1-2,8-9,18-21H2/t25-,26+,27+,28?,32+/m1/s1. The van der Waals surface area contributed by atoms with Crippen molar-refractivity contribution in [3.8, 4) is 0 Å². The Balaban J connectivity index is 1.40. The molecule has 2 saturated heterocycles. The van der Waals surface area contributed by atoms with Gasteiger partial charge >= 0.3 is 0 Å². The summed E-state index contributed by atoms with van der Waals surface area (Å²) in [5.41, 5.74) is 0.0339. The van der Waals surface area contributed by atoms with E-state index >= 15 is 0 Å². The number of anilines is 2. The molecule has 2 aromatic carbocycles. The molecule has 2 aromatic rings. The number of ether oxygens (including phenoxy) is 1. The Morgan fingerprint density at radius 1 is 0.854 bits per heavy atom. The van der Waals surface area contributed by atoms with Gasteiger partial charge in [-0.15, -0.1) is 0 Å². The summed E-state index contributed by atoms with van der Waals surface area (Å²) >= 11 is 6.53. The van der Waals surface area contributed by atoms with Crippen LogP contribution in [0.5, 0.6) is 0 Å². The number of aliphatic hydroxyl groups excluding tert-OH is 1. The summed E-state index contributed by atoms with van der Waals surface area (Å²) < 4.78 is 6.73. The molecule has 4 heterocycles. The number of nitrogens with zero attached hydrogens (tertiary/aromatic N) is 3. The van der Waals surface area contributed by atoms with Crippen LogP contribution in [0.2, 0.25) is 5.02 Å². The fourth-order valence-electron chi connectivity index (χ4n) is 6.85. The first-order chi connectivity index (χ1) is 20.0. The quantitative estimate of drug-likeness (QED) is 0.380. The van der Waals surface area contributed by atoms with E-state index < -0.39 is 29.6 Å². The second kappa shape index (κ2) is 11.4. The van der Waals surface area contributed by atoms with Crippen LogP contribution in [-0.2, 0) is 19.1 Å². The number of fused-ring (bicyclic) bond motifs is 2. The zero-order chi connectivity index (χ0) is 28.6. The monoisotopic (exact) mass is 575 g/mol. The van der Waals surface area contributed by atoms with Crippen molar-refractivity contribution in [2.45, 2.75) is 43.4 Å². The highest BCUT2D eigenvalue weighted by molar-refractivity contribution is 6.34. The normalized spacial score (nSPS) is 28.9. The largest absolute Gasteiger partial charge is 0.396 e. The lowest BCUT2D eigenvalue weighted by atomic mass is 9.77. The highest BCUT2D eigenvalue weighted by atomic mass is 35.5. The third kappa shape index (κ3) is 4.68. The van der Waals surface area contributed by atoms with Gasteiger partial charge in [0.05, 0.1) is 28.6 Å². The van der Waals surface area contributed by atoms with E-state index in [1.165, 1.54) is 0 Å². The van der Waals surface area contributed by atoms with Gasteiger partial charge in [0.15, 0.2) is 0 Å². The van der Waals surface area contributed by atoms with Crippen LogP contribution in [0.1, 0.15) is 25.7 Å². The molecule has 0 aromatic heterocycles. The molecule has 1 N–H and O–H groups in total. The van der Waals surface area contributed by atoms with Crippen LogP contribution < -0.4 is 9.80 Å². The first kappa shape index (κ1) is 27.7. The van der Waals surface area contributed by atoms with Crippen LogP contribution >= 0.6 is 11.6 Å². The van der Waals surface area contributed by atoms with E-state index in [2.05, 4.69) is 0 Å². The average molecular weight is 576 g/mol. The molecular weight excluding hydrogens is 542 g/mol. The van der Waals surface area contributed by atoms with E-state index in [4.69, 9.17) is 16.3 Å². The summed E-state index contributed by atoms with van der Waals surface area (Å²) in [6.07, 6.45) is 9.85. The van der Waals surface area contributed by atoms with Crippen LogP contribution in [0, 0.1) is 11.8 Å². The third-order valence-electron chi connectivity index (χ3n) is 8.68. The van der Waals surface area contributed by atoms with Gasteiger partial charge in [-0.05, 0) is 37.1 Å². The molecule has 4 aliphatic rings. The minimum absolute atomic E-state index is 0.122. The van der Waals surface area contributed by atoms with Gasteiger partial charge in [0, 0.05) is 31.9 Å². The number of carbonyl (C=O) groups excluding carboxylic acids is 3. The second-order valence-corrected chi connectivity index (χ2v) is 11.4. The molecule has 8 nitrogen and oxygen atoms in total. The number of likely N-dealkylation sites (tertiary alicyclic amines) is 1. The molecule has 1 spiro atoms. The Bertz CT molecular complexity index is 1380. The Morgan fingerprint density at radius 2 is 1.59 bits per heavy atom. The van der Waals surface area contributed by atoms with E-state index in [1.807, 2.05) is 66.8 Å². The minimum Gasteiger partial charge on any atom is -0.396 e. The molecule has 0 saturated carbocycles. The summed E-state index contributed by atoms with van der Waals surface area (Å²) in [4.78, 5) is 48.0. The molecule has 4 aliphatic heterocycles. The number of rotatable bonds is 8. The number of hydrogen-bond donors (Lipinski definition) is 1. The zero-order valence-corrected chi connectivity index (χ0v) is 23.5. The fourth-order valence-corrected chi connectivity index (χ4v) is 7.09.